The van der Waals surface area contributed by atoms with Gasteiger partial charge in [-0.1, -0.05) is 13.8 Å². The molecule has 0 unspecified atom stereocenters. The van der Waals surface area contributed by atoms with Crippen LogP contribution < -0.4 is 5.73 Å². The second-order valence-electron chi connectivity index (χ2n) is 4.28. The van der Waals surface area contributed by atoms with Gasteiger partial charge < -0.3 is 15.2 Å². The van der Waals surface area contributed by atoms with Crippen LogP contribution in [0.4, 0.5) is 10.3 Å². The predicted octanol–water partition coefficient (Wildman–Crippen LogP) is 2.10. The van der Waals surface area contributed by atoms with Crippen LogP contribution in [0, 0.1) is 5.82 Å². The van der Waals surface area contributed by atoms with Gasteiger partial charge >= 0.3 is 0 Å². The molecule has 0 aliphatic heterocycles. The third-order valence-electron chi connectivity index (χ3n) is 3.27. The first-order valence-electron chi connectivity index (χ1n) is 6.29. The third-order valence-corrected chi connectivity index (χ3v) is 3.27. The second kappa shape index (κ2) is 5.35. The molecule has 0 amide bonds. The molecule has 0 saturated heterocycles. The predicted molar refractivity (Wildman–Crippen MR) is 71.9 cm³/mol. The van der Waals surface area contributed by atoms with Gasteiger partial charge in [0, 0.05) is 13.1 Å². The molecule has 2 aromatic rings. The lowest BCUT2D eigenvalue weighted by atomic mass is 10.3. The number of hydrogen-bond acceptors (Lipinski definition) is 3. The van der Waals surface area contributed by atoms with Crippen molar-refractivity contribution in [2.45, 2.75) is 20.4 Å². The number of rotatable bonds is 5. The minimum Gasteiger partial charge on any atom is -0.369 e. The van der Waals surface area contributed by atoms with Crippen molar-refractivity contribution in [2.75, 3.05) is 25.4 Å². The monoisotopic (exact) mass is 250 g/mol. The van der Waals surface area contributed by atoms with Gasteiger partial charge in [0.2, 0.25) is 5.95 Å². The van der Waals surface area contributed by atoms with E-state index >= 15 is 0 Å². The average molecular weight is 250 g/mol. The van der Waals surface area contributed by atoms with Crippen LogP contribution in [0.2, 0.25) is 0 Å². The van der Waals surface area contributed by atoms with Gasteiger partial charge in [-0.15, -0.1) is 0 Å². The fourth-order valence-corrected chi connectivity index (χ4v) is 2.13. The van der Waals surface area contributed by atoms with Crippen molar-refractivity contribution in [1.29, 1.82) is 0 Å². The van der Waals surface area contributed by atoms with Crippen LogP contribution >= 0.6 is 0 Å². The van der Waals surface area contributed by atoms with Gasteiger partial charge in [-0.2, -0.15) is 0 Å². The summed E-state index contributed by atoms with van der Waals surface area (Å²) in [6.45, 7) is 7.86. The SMILES string of the molecule is CCN(CC)CCn1c(N)nc2ccc(F)cc21. The van der Waals surface area contributed by atoms with Crippen molar-refractivity contribution in [3.05, 3.63) is 24.0 Å². The Morgan fingerprint density at radius 3 is 2.72 bits per heavy atom. The summed E-state index contributed by atoms with van der Waals surface area (Å²) in [5, 5.41) is 0. The summed E-state index contributed by atoms with van der Waals surface area (Å²) >= 11 is 0. The van der Waals surface area contributed by atoms with Gasteiger partial charge in [0.15, 0.2) is 0 Å². The molecule has 0 aliphatic carbocycles. The summed E-state index contributed by atoms with van der Waals surface area (Å²) < 4.78 is 15.1. The Labute approximate surface area is 106 Å². The summed E-state index contributed by atoms with van der Waals surface area (Å²) in [6, 6.07) is 4.55. The lowest BCUT2D eigenvalue weighted by Gasteiger charge is -2.18. The van der Waals surface area contributed by atoms with Crippen LogP contribution in [0.3, 0.4) is 0 Å². The molecule has 18 heavy (non-hydrogen) atoms. The van der Waals surface area contributed by atoms with Crippen molar-refractivity contribution in [3.8, 4) is 0 Å². The molecule has 98 valence electrons. The molecule has 2 N–H and O–H groups in total. The zero-order valence-electron chi connectivity index (χ0n) is 10.9. The number of fused-ring (bicyclic) bond motifs is 1. The second-order valence-corrected chi connectivity index (χ2v) is 4.28. The first kappa shape index (κ1) is 12.8. The molecule has 0 saturated carbocycles. The highest BCUT2D eigenvalue weighted by Crippen LogP contribution is 2.18. The third kappa shape index (κ3) is 2.46. The zero-order chi connectivity index (χ0) is 13.1. The number of hydrogen-bond donors (Lipinski definition) is 1. The maximum absolute atomic E-state index is 13.3. The number of imidazole rings is 1. The molecule has 0 spiro atoms. The van der Waals surface area contributed by atoms with E-state index in [1.54, 1.807) is 6.07 Å². The molecule has 0 radical (unpaired) electrons. The van der Waals surface area contributed by atoms with Crippen LogP contribution in [0.1, 0.15) is 13.8 Å². The van der Waals surface area contributed by atoms with Crippen molar-refractivity contribution < 1.29 is 4.39 Å². The normalized spacial score (nSPS) is 11.6. The van der Waals surface area contributed by atoms with Crippen molar-refractivity contribution in [2.24, 2.45) is 0 Å². The molecule has 1 aromatic heterocycles. The van der Waals surface area contributed by atoms with E-state index in [-0.39, 0.29) is 5.82 Å². The zero-order valence-corrected chi connectivity index (χ0v) is 10.9. The summed E-state index contributed by atoms with van der Waals surface area (Å²) in [6.07, 6.45) is 0. The van der Waals surface area contributed by atoms with Gasteiger partial charge in [-0.3, -0.25) is 0 Å². The molecule has 0 atom stereocenters. The molecule has 4 nitrogen and oxygen atoms in total. The lowest BCUT2D eigenvalue weighted by Crippen LogP contribution is -2.27. The largest absolute Gasteiger partial charge is 0.369 e. The van der Waals surface area contributed by atoms with Crippen molar-refractivity contribution in [3.63, 3.8) is 0 Å². The molecular weight excluding hydrogens is 231 g/mol. The highest BCUT2D eigenvalue weighted by atomic mass is 19.1. The summed E-state index contributed by atoms with van der Waals surface area (Å²) in [4.78, 5) is 6.54. The molecular formula is C13H19FN4. The van der Waals surface area contributed by atoms with Crippen LogP contribution in [0.15, 0.2) is 18.2 Å². The molecule has 0 aliphatic rings. The fraction of sp³-hybridized carbons (Fsp3) is 0.462. The number of halogens is 1. The maximum Gasteiger partial charge on any atom is 0.201 e. The minimum atomic E-state index is -0.258. The maximum atomic E-state index is 13.3. The molecule has 0 fully saturated rings. The number of aromatic nitrogens is 2. The Kier molecular flexibility index (Phi) is 3.81. The van der Waals surface area contributed by atoms with E-state index < -0.39 is 0 Å². The first-order chi connectivity index (χ1) is 8.65. The number of nitrogen functional groups attached to an aromatic ring is 1. The van der Waals surface area contributed by atoms with E-state index in [2.05, 4.69) is 23.7 Å². The van der Waals surface area contributed by atoms with Crippen LogP contribution in [-0.2, 0) is 6.54 Å². The minimum absolute atomic E-state index is 0.258. The quantitative estimate of drug-likeness (QED) is 0.884. The molecule has 2 rings (SSSR count). The molecule has 0 bridgehead atoms. The summed E-state index contributed by atoms with van der Waals surface area (Å²) in [7, 11) is 0. The van der Waals surface area contributed by atoms with Gasteiger partial charge in [0.05, 0.1) is 11.0 Å². The Hall–Kier alpha value is -1.62. The Morgan fingerprint density at radius 2 is 2.06 bits per heavy atom. The van der Waals surface area contributed by atoms with Gasteiger partial charge in [0.1, 0.15) is 5.82 Å². The number of nitrogens with two attached hydrogens (primary N) is 1. The average Bonchev–Trinajstić information content (AvgIpc) is 2.66. The number of nitrogens with zero attached hydrogens (tertiary/aromatic N) is 3. The highest BCUT2D eigenvalue weighted by Gasteiger charge is 2.09. The number of benzene rings is 1. The van der Waals surface area contributed by atoms with E-state index in [9.17, 15) is 4.39 Å². The van der Waals surface area contributed by atoms with E-state index in [1.165, 1.54) is 12.1 Å². The van der Waals surface area contributed by atoms with Crippen molar-refractivity contribution in [1.82, 2.24) is 14.5 Å². The molecule has 1 aromatic carbocycles. The Balaban J connectivity index is 2.26. The highest BCUT2D eigenvalue weighted by molar-refractivity contribution is 5.78. The van der Waals surface area contributed by atoms with Gasteiger partial charge in [0.25, 0.3) is 0 Å². The molecule has 1 heterocycles. The standard InChI is InChI=1S/C13H19FN4/c1-3-17(4-2)7-8-18-12-9-10(14)5-6-11(12)16-13(18)15/h5-6,9H,3-4,7-8H2,1-2H3,(H2,15,16). The van der Waals surface area contributed by atoms with Crippen molar-refractivity contribution >= 4 is 17.0 Å². The van der Waals surface area contributed by atoms with E-state index in [4.69, 9.17) is 5.73 Å². The van der Waals surface area contributed by atoms with E-state index in [0.717, 1.165) is 37.2 Å². The summed E-state index contributed by atoms with van der Waals surface area (Å²) in [5.74, 6) is 0.189. The fourth-order valence-electron chi connectivity index (χ4n) is 2.13. The first-order valence-corrected chi connectivity index (χ1v) is 6.29. The van der Waals surface area contributed by atoms with Crippen LogP contribution in [0.5, 0.6) is 0 Å². The van der Waals surface area contributed by atoms with Crippen LogP contribution in [0.25, 0.3) is 11.0 Å². The van der Waals surface area contributed by atoms with Crippen LogP contribution in [-0.4, -0.2) is 34.1 Å². The number of anilines is 1. The number of likely N-dealkylation sites (N-methyl/N-ethyl adjacent to an activating group) is 1. The van der Waals surface area contributed by atoms with Gasteiger partial charge in [-0.25, -0.2) is 9.37 Å². The topological polar surface area (TPSA) is 47.1 Å². The Bertz CT molecular complexity index is 531. The van der Waals surface area contributed by atoms with E-state index in [1.807, 2.05) is 4.57 Å². The Morgan fingerprint density at radius 1 is 1.33 bits per heavy atom. The molecule has 5 heteroatoms. The van der Waals surface area contributed by atoms with E-state index in [0.29, 0.717) is 5.95 Å². The smallest absolute Gasteiger partial charge is 0.201 e. The summed E-state index contributed by atoms with van der Waals surface area (Å²) in [5.41, 5.74) is 7.39. The van der Waals surface area contributed by atoms with Gasteiger partial charge in [-0.05, 0) is 31.3 Å². The lowest BCUT2D eigenvalue weighted by molar-refractivity contribution is 0.292.